The molecule has 2 N–H and O–H groups in total. The van der Waals surface area contributed by atoms with Gasteiger partial charge in [-0.25, -0.2) is 0 Å². The SMILES string of the molecule is CC(=O)Nc1nnc(SCC(=O)NCc2cccs2)s1. The lowest BCUT2D eigenvalue weighted by Crippen LogP contribution is -2.24. The monoisotopic (exact) mass is 328 g/mol. The Morgan fingerprint density at radius 2 is 2.25 bits per heavy atom. The molecule has 0 aromatic carbocycles. The number of anilines is 1. The second kappa shape index (κ2) is 7.36. The fourth-order valence-corrected chi connectivity index (χ4v) is 3.52. The van der Waals surface area contributed by atoms with Crippen LogP contribution in [-0.4, -0.2) is 27.8 Å². The van der Waals surface area contributed by atoms with E-state index in [1.807, 2.05) is 17.5 Å². The molecule has 2 rings (SSSR count). The van der Waals surface area contributed by atoms with Crippen LogP contribution in [0, 0.1) is 0 Å². The van der Waals surface area contributed by atoms with Gasteiger partial charge >= 0.3 is 0 Å². The molecule has 2 heterocycles. The summed E-state index contributed by atoms with van der Waals surface area (Å²) >= 11 is 4.15. The van der Waals surface area contributed by atoms with Gasteiger partial charge in [0.15, 0.2) is 4.34 Å². The molecule has 2 amide bonds. The van der Waals surface area contributed by atoms with E-state index >= 15 is 0 Å². The van der Waals surface area contributed by atoms with Crippen molar-refractivity contribution in [1.29, 1.82) is 0 Å². The lowest BCUT2D eigenvalue weighted by atomic mass is 10.4. The third-order valence-corrected chi connectivity index (χ3v) is 4.90. The van der Waals surface area contributed by atoms with Crippen molar-refractivity contribution in [3.63, 3.8) is 0 Å². The molecular formula is C11H12N4O2S3. The molecule has 0 saturated carbocycles. The fraction of sp³-hybridized carbons (Fsp3) is 0.273. The number of hydrogen-bond acceptors (Lipinski definition) is 7. The molecule has 9 heteroatoms. The van der Waals surface area contributed by atoms with E-state index in [0.717, 1.165) is 4.88 Å². The summed E-state index contributed by atoms with van der Waals surface area (Å²) < 4.78 is 0.653. The number of carbonyl (C=O) groups excluding carboxylic acids is 2. The zero-order chi connectivity index (χ0) is 14.4. The predicted octanol–water partition coefficient (Wildman–Crippen LogP) is 1.97. The van der Waals surface area contributed by atoms with E-state index in [2.05, 4.69) is 20.8 Å². The number of hydrogen-bond donors (Lipinski definition) is 2. The number of amides is 2. The minimum atomic E-state index is -0.189. The van der Waals surface area contributed by atoms with Gasteiger partial charge in [0, 0.05) is 11.8 Å². The van der Waals surface area contributed by atoms with Crippen LogP contribution in [0.25, 0.3) is 0 Å². The first-order valence-electron chi connectivity index (χ1n) is 5.66. The third-order valence-electron chi connectivity index (χ3n) is 2.06. The Hall–Kier alpha value is -1.45. The zero-order valence-electron chi connectivity index (χ0n) is 10.6. The molecule has 20 heavy (non-hydrogen) atoms. The maximum absolute atomic E-state index is 11.7. The highest BCUT2D eigenvalue weighted by Gasteiger charge is 2.08. The van der Waals surface area contributed by atoms with Crippen LogP contribution < -0.4 is 10.6 Å². The van der Waals surface area contributed by atoms with Crippen LogP contribution in [-0.2, 0) is 16.1 Å². The molecule has 0 bridgehead atoms. The largest absolute Gasteiger partial charge is 0.350 e. The predicted molar refractivity (Wildman–Crippen MR) is 81.1 cm³/mol. The van der Waals surface area contributed by atoms with Crippen LogP contribution in [0.4, 0.5) is 5.13 Å². The lowest BCUT2D eigenvalue weighted by Gasteiger charge is -2.01. The van der Waals surface area contributed by atoms with Crippen LogP contribution in [0.3, 0.4) is 0 Å². The molecule has 0 aliphatic carbocycles. The van der Waals surface area contributed by atoms with E-state index in [0.29, 0.717) is 16.0 Å². The Labute approximate surface area is 128 Å². The molecule has 0 saturated heterocycles. The van der Waals surface area contributed by atoms with E-state index in [4.69, 9.17) is 0 Å². The number of carbonyl (C=O) groups is 2. The number of nitrogens with one attached hydrogen (secondary N) is 2. The second-order valence-electron chi connectivity index (χ2n) is 3.70. The summed E-state index contributed by atoms with van der Waals surface area (Å²) in [4.78, 5) is 23.6. The van der Waals surface area contributed by atoms with E-state index < -0.39 is 0 Å². The zero-order valence-corrected chi connectivity index (χ0v) is 13.0. The average molecular weight is 328 g/mol. The summed E-state index contributed by atoms with van der Waals surface area (Å²) in [7, 11) is 0. The van der Waals surface area contributed by atoms with Crippen LogP contribution in [0.5, 0.6) is 0 Å². The van der Waals surface area contributed by atoms with E-state index in [1.54, 1.807) is 11.3 Å². The molecule has 0 atom stereocenters. The number of aromatic nitrogens is 2. The van der Waals surface area contributed by atoms with Crippen molar-refractivity contribution in [2.45, 2.75) is 17.8 Å². The summed E-state index contributed by atoms with van der Waals surface area (Å²) in [6.45, 7) is 1.95. The van der Waals surface area contributed by atoms with E-state index in [1.165, 1.54) is 30.0 Å². The Morgan fingerprint density at radius 1 is 1.40 bits per heavy atom. The highest BCUT2D eigenvalue weighted by Crippen LogP contribution is 2.25. The molecule has 6 nitrogen and oxygen atoms in total. The summed E-state index contributed by atoms with van der Waals surface area (Å²) in [6, 6.07) is 3.92. The summed E-state index contributed by atoms with van der Waals surface area (Å²) in [6.07, 6.45) is 0. The first-order chi connectivity index (χ1) is 9.63. The van der Waals surface area contributed by atoms with Crippen molar-refractivity contribution in [3.05, 3.63) is 22.4 Å². The number of rotatable bonds is 6. The molecule has 0 radical (unpaired) electrons. The van der Waals surface area contributed by atoms with Gasteiger partial charge in [-0.15, -0.1) is 21.5 Å². The van der Waals surface area contributed by atoms with Gasteiger partial charge in [0.1, 0.15) is 0 Å². The van der Waals surface area contributed by atoms with E-state index in [9.17, 15) is 9.59 Å². The molecule has 0 spiro atoms. The molecule has 106 valence electrons. The highest BCUT2D eigenvalue weighted by molar-refractivity contribution is 8.01. The Balaban J connectivity index is 1.72. The van der Waals surface area contributed by atoms with Gasteiger partial charge in [-0.1, -0.05) is 29.2 Å². The highest BCUT2D eigenvalue weighted by atomic mass is 32.2. The van der Waals surface area contributed by atoms with Gasteiger partial charge in [0.25, 0.3) is 0 Å². The van der Waals surface area contributed by atoms with Gasteiger partial charge < -0.3 is 10.6 Å². The van der Waals surface area contributed by atoms with Crippen molar-refractivity contribution in [2.24, 2.45) is 0 Å². The van der Waals surface area contributed by atoms with Crippen molar-refractivity contribution in [1.82, 2.24) is 15.5 Å². The fourth-order valence-electron chi connectivity index (χ4n) is 1.25. The maximum Gasteiger partial charge on any atom is 0.230 e. The molecule has 2 aromatic rings. The quantitative estimate of drug-likeness (QED) is 0.625. The van der Waals surface area contributed by atoms with Gasteiger partial charge in [-0.05, 0) is 11.4 Å². The molecule has 0 fully saturated rings. The average Bonchev–Trinajstić information content (AvgIpc) is 3.04. The Kier molecular flexibility index (Phi) is 5.50. The topological polar surface area (TPSA) is 84.0 Å². The van der Waals surface area contributed by atoms with Crippen molar-refractivity contribution in [2.75, 3.05) is 11.1 Å². The second-order valence-corrected chi connectivity index (χ2v) is 6.93. The minimum Gasteiger partial charge on any atom is -0.350 e. The van der Waals surface area contributed by atoms with Crippen LogP contribution in [0.2, 0.25) is 0 Å². The van der Waals surface area contributed by atoms with E-state index in [-0.39, 0.29) is 17.6 Å². The van der Waals surface area contributed by atoms with Crippen molar-refractivity contribution < 1.29 is 9.59 Å². The number of thioether (sulfide) groups is 1. The molecule has 0 unspecified atom stereocenters. The molecule has 2 aromatic heterocycles. The third kappa shape index (κ3) is 4.91. The summed E-state index contributed by atoms with van der Waals surface area (Å²) in [5.74, 6) is 0.0335. The number of thiophene rings is 1. The van der Waals surface area contributed by atoms with Gasteiger partial charge in [-0.3, -0.25) is 9.59 Å². The smallest absolute Gasteiger partial charge is 0.230 e. The minimum absolute atomic E-state index is 0.0559. The Bertz CT molecular complexity index is 582. The first-order valence-corrected chi connectivity index (χ1v) is 8.34. The standard InChI is InChI=1S/C11H12N4O2S3/c1-7(16)13-10-14-15-11(20-10)19-6-9(17)12-5-8-3-2-4-18-8/h2-4H,5-6H2,1H3,(H,12,17)(H,13,14,16). The Morgan fingerprint density at radius 3 is 2.95 bits per heavy atom. The van der Waals surface area contributed by atoms with Gasteiger partial charge in [0.05, 0.1) is 12.3 Å². The summed E-state index contributed by atoms with van der Waals surface area (Å²) in [5, 5.41) is 15.5. The molecule has 0 aliphatic rings. The first kappa shape index (κ1) is 14.9. The number of nitrogens with zero attached hydrogens (tertiary/aromatic N) is 2. The maximum atomic E-state index is 11.7. The van der Waals surface area contributed by atoms with Gasteiger partial charge in [0.2, 0.25) is 16.9 Å². The molecular weight excluding hydrogens is 316 g/mol. The molecule has 0 aliphatic heterocycles. The van der Waals surface area contributed by atoms with Crippen molar-refractivity contribution in [3.8, 4) is 0 Å². The van der Waals surface area contributed by atoms with Gasteiger partial charge in [-0.2, -0.15) is 0 Å². The van der Waals surface area contributed by atoms with Crippen molar-refractivity contribution >= 4 is 51.4 Å². The van der Waals surface area contributed by atoms with Crippen LogP contribution in [0.15, 0.2) is 21.9 Å². The summed E-state index contributed by atoms with van der Waals surface area (Å²) in [5.41, 5.74) is 0. The van der Waals surface area contributed by atoms with Crippen LogP contribution in [0.1, 0.15) is 11.8 Å². The van der Waals surface area contributed by atoms with Crippen LogP contribution >= 0.6 is 34.4 Å². The lowest BCUT2D eigenvalue weighted by molar-refractivity contribution is -0.118. The normalized spacial score (nSPS) is 10.2.